The van der Waals surface area contributed by atoms with Crippen LogP contribution < -0.4 is 0 Å². The Morgan fingerprint density at radius 2 is 1.78 bits per heavy atom. The number of hydrogen-bond donors (Lipinski definition) is 0. The zero-order chi connectivity index (χ0) is 6.53. The maximum Gasteiger partial charge on any atom is 0.349 e. The van der Waals surface area contributed by atoms with Gasteiger partial charge in [-0.2, -0.15) is 0 Å². The molecule has 0 saturated carbocycles. The summed E-state index contributed by atoms with van der Waals surface area (Å²) < 4.78 is 0. The summed E-state index contributed by atoms with van der Waals surface area (Å²) in [6, 6.07) is 0. The van der Waals surface area contributed by atoms with Gasteiger partial charge in [-0.25, -0.2) is 0 Å². The van der Waals surface area contributed by atoms with Gasteiger partial charge in [-0.05, 0) is 32.4 Å². The van der Waals surface area contributed by atoms with E-state index >= 15 is 0 Å². The van der Waals surface area contributed by atoms with Crippen LogP contribution in [0.2, 0.25) is 0 Å². The summed E-state index contributed by atoms with van der Waals surface area (Å²) >= 11 is 0. The maximum atomic E-state index is 8.48. The third-order valence-corrected chi connectivity index (χ3v) is 10.6. The van der Waals surface area contributed by atoms with Crippen LogP contribution in [0.4, 0.5) is 0 Å². The molecule has 0 radical (unpaired) electrons. The van der Waals surface area contributed by atoms with E-state index in [2.05, 4.69) is 5.40 Å². The first kappa shape index (κ1) is 8.08. The number of hydrogen-bond acceptors (Lipinski definition) is 5. The molecular weight excluding hydrogens is 210 g/mol. The molecule has 1 heterocycles. The van der Waals surface area contributed by atoms with Crippen molar-refractivity contribution in [2.45, 2.75) is 0 Å². The van der Waals surface area contributed by atoms with Crippen molar-refractivity contribution in [3.05, 3.63) is 10.8 Å². The molecule has 0 N–H and O–H groups in total. The van der Waals surface area contributed by atoms with Gasteiger partial charge in [0.2, 0.25) is 19.7 Å². The van der Waals surface area contributed by atoms with Crippen molar-refractivity contribution in [2.75, 3.05) is 0 Å². The van der Waals surface area contributed by atoms with E-state index in [4.69, 9.17) is 5.26 Å². The molecule has 1 rings (SSSR count). The van der Waals surface area contributed by atoms with E-state index < -0.39 is 0 Å². The summed E-state index contributed by atoms with van der Waals surface area (Å²) in [6.45, 7) is 0. The lowest BCUT2D eigenvalue weighted by atomic mass is 11.3. The average Bonchev–Trinajstić information content (AvgIpc) is 2.13. The highest BCUT2D eigenvalue weighted by molar-refractivity contribution is 9.35. The largest absolute Gasteiger partial charge is 0.349 e. The van der Waals surface area contributed by atoms with Gasteiger partial charge in [0.25, 0.3) is 8.96 Å². The highest BCUT2D eigenvalue weighted by Gasteiger charge is 2.25. The first-order valence-electron chi connectivity index (χ1n) is 1.90. The predicted molar refractivity (Wildman–Crippen MR) is 52.5 cm³/mol. The second kappa shape index (κ2) is 4.74. The Labute approximate surface area is 71.3 Å². The molecule has 6 heteroatoms. The third kappa shape index (κ3) is 3.05. The van der Waals surface area contributed by atoms with E-state index in [1.54, 1.807) is 41.2 Å². The first-order chi connectivity index (χ1) is 4.43. The van der Waals surface area contributed by atoms with Gasteiger partial charge in [0.15, 0.2) is 0 Å². The fraction of sp³-hybridized carbons (Fsp3) is 0. The number of thiocyanates is 1. The van der Waals surface area contributed by atoms with Crippen molar-refractivity contribution in [2.24, 2.45) is 0 Å². The summed E-state index contributed by atoms with van der Waals surface area (Å²) in [5.74, 6) is 0. The molecule has 0 atom stereocenters. The van der Waals surface area contributed by atoms with Crippen molar-refractivity contribution in [3.63, 3.8) is 0 Å². The second-order valence-electron chi connectivity index (χ2n) is 0.927. The molecule has 0 aliphatic carbocycles. The topological polar surface area (TPSA) is 23.8 Å². The summed E-state index contributed by atoms with van der Waals surface area (Å²) in [6.07, 6.45) is 0. The van der Waals surface area contributed by atoms with Gasteiger partial charge >= 0.3 is 5.40 Å². The monoisotopic (exact) mass is 212 g/mol. The smallest absolute Gasteiger partial charge is 0.133 e. The lowest BCUT2D eigenvalue weighted by molar-refractivity contribution is 1.57. The van der Waals surface area contributed by atoms with E-state index in [1.807, 2.05) is 10.8 Å². The number of nitrogens with zero attached hydrogens (tertiary/aromatic N) is 1. The van der Waals surface area contributed by atoms with Crippen LogP contribution in [-0.2, 0) is 8.96 Å². The standard InChI is InChI=1S/C3H2NS5/c4-3-9-7-5-1-2-6-8-9/h1-2H/q+1. The summed E-state index contributed by atoms with van der Waals surface area (Å²) in [5.41, 5.74) is 0. The van der Waals surface area contributed by atoms with E-state index in [0.29, 0.717) is 0 Å². The van der Waals surface area contributed by atoms with Crippen molar-refractivity contribution >= 4 is 50.2 Å². The Kier molecular flexibility index (Phi) is 4.26. The van der Waals surface area contributed by atoms with Gasteiger partial charge in [-0.3, -0.25) is 0 Å². The first-order valence-corrected chi connectivity index (χ1v) is 8.58. The SMILES string of the molecule is N#C[S+]1SSC=CSS1. The second-order valence-corrected chi connectivity index (χ2v) is 9.83. The third-order valence-electron chi connectivity index (χ3n) is 0.443. The Hall–Kier alpha value is 0.980. The molecule has 1 nitrogen and oxygen atoms in total. The molecule has 0 spiro atoms. The van der Waals surface area contributed by atoms with Gasteiger partial charge in [0.1, 0.15) is 0 Å². The summed E-state index contributed by atoms with van der Waals surface area (Å²) in [4.78, 5) is 0. The molecule has 9 heavy (non-hydrogen) atoms. The molecule has 0 aromatic heterocycles. The van der Waals surface area contributed by atoms with Crippen molar-refractivity contribution in [1.29, 1.82) is 5.26 Å². The highest BCUT2D eigenvalue weighted by Crippen LogP contribution is 2.47. The molecule has 0 amide bonds. The Morgan fingerprint density at radius 1 is 1.22 bits per heavy atom. The minimum Gasteiger partial charge on any atom is -0.133 e. The van der Waals surface area contributed by atoms with Crippen LogP contribution in [0.1, 0.15) is 0 Å². The zero-order valence-corrected chi connectivity index (χ0v) is 8.23. The zero-order valence-electron chi connectivity index (χ0n) is 4.14. The molecule has 0 aromatic rings. The van der Waals surface area contributed by atoms with E-state index in [-0.39, 0.29) is 8.96 Å². The van der Waals surface area contributed by atoms with Gasteiger partial charge in [0.05, 0.1) is 0 Å². The lowest BCUT2D eigenvalue weighted by Crippen LogP contribution is -1.72. The molecule has 0 bridgehead atoms. The molecule has 0 fully saturated rings. The van der Waals surface area contributed by atoms with Crippen molar-refractivity contribution in [3.8, 4) is 5.40 Å². The van der Waals surface area contributed by atoms with Crippen LogP contribution in [-0.4, -0.2) is 0 Å². The Bertz CT molecular complexity index is 139. The Balaban J connectivity index is 2.37. The van der Waals surface area contributed by atoms with Crippen molar-refractivity contribution in [1.82, 2.24) is 0 Å². The molecule has 48 valence electrons. The quantitative estimate of drug-likeness (QED) is 0.349. The van der Waals surface area contributed by atoms with Crippen LogP contribution in [0.15, 0.2) is 10.8 Å². The highest BCUT2D eigenvalue weighted by atomic mass is 33.8. The van der Waals surface area contributed by atoms with Crippen LogP contribution in [0.3, 0.4) is 0 Å². The van der Waals surface area contributed by atoms with Gasteiger partial charge < -0.3 is 0 Å². The molecule has 1 aliphatic heterocycles. The fourth-order valence-corrected chi connectivity index (χ4v) is 9.69. The van der Waals surface area contributed by atoms with Crippen LogP contribution >= 0.6 is 41.2 Å². The van der Waals surface area contributed by atoms with E-state index in [0.717, 1.165) is 0 Å². The molecular formula is C3H2NS5+. The minimum atomic E-state index is -0.167. The molecule has 1 aliphatic rings. The van der Waals surface area contributed by atoms with Gasteiger partial charge in [-0.1, -0.05) is 0 Å². The predicted octanol–water partition coefficient (Wildman–Crippen LogP) is 3.16. The molecule has 0 saturated heterocycles. The molecule has 0 aromatic carbocycles. The Morgan fingerprint density at radius 3 is 2.22 bits per heavy atom. The number of nitriles is 1. The van der Waals surface area contributed by atoms with Crippen molar-refractivity contribution < 1.29 is 0 Å². The summed E-state index contributed by atoms with van der Waals surface area (Å²) in [7, 11) is 6.34. The van der Waals surface area contributed by atoms with Crippen LogP contribution in [0, 0.1) is 10.7 Å². The minimum absolute atomic E-state index is 0.167. The van der Waals surface area contributed by atoms with Gasteiger partial charge in [-0.15, -0.1) is 5.26 Å². The summed E-state index contributed by atoms with van der Waals surface area (Å²) in [5, 5.41) is 14.7. The fourth-order valence-electron chi connectivity index (χ4n) is 0.204. The number of rotatable bonds is 0. The lowest BCUT2D eigenvalue weighted by Gasteiger charge is -1.80. The van der Waals surface area contributed by atoms with E-state index in [9.17, 15) is 0 Å². The van der Waals surface area contributed by atoms with Gasteiger partial charge in [0, 0.05) is 0 Å². The van der Waals surface area contributed by atoms with Crippen LogP contribution in [0.5, 0.6) is 0 Å². The normalized spacial score (nSPS) is 20.8. The molecule has 0 unspecified atom stereocenters. The van der Waals surface area contributed by atoms with Crippen LogP contribution in [0.25, 0.3) is 0 Å². The average molecular weight is 212 g/mol. The maximum absolute atomic E-state index is 8.48. The van der Waals surface area contributed by atoms with E-state index in [1.165, 1.54) is 0 Å².